The molecular weight excluding hydrogens is 301 g/mol. The molecule has 0 atom stereocenters. The second-order valence-corrected chi connectivity index (χ2v) is 6.00. The van der Waals surface area contributed by atoms with Gasteiger partial charge in [0.2, 0.25) is 0 Å². The molecule has 0 spiro atoms. The standard InChI is InChI=1S/C18H17ClFNO/c1-12(2)21-10-13(17-8-3-14(19)9-18(17)21)11-22-16-6-4-15(20)5-7-16/h3-10,12H,11H2,1-2H3. The molecule has 0 saturated carbocycles. The molecule has 0 amide bonds. The zero-order valence-electron chi connectivity index (χ0n) is 12.5. The maximum atomic E-state index is 12.9. The van der Waals surface area contributed by atoms with Crippen LogP contribution in [-0.2, 0) is 6.61 Å². The van der Waals surface area contributed by atoms with Crippen LogP contribution in [0.2, 0.25) is 5.02 Å². The van der Waals surface area contributed by atoms with Gasteiger partial charge in [0.05, 0.1) is 5.52 Å². The molecular formula is C18H17ClFNO. The van der Waals surface area contributed by atoms with E-state index in [1.807, 2.05) is 18.2 Å². The Morgan fingerprint density at radius 1 is 1.14 bits per heavy atom. The molecule has 0 saturated heterocycles. The van der Waals surface area contributed by atoms with Crippen molar-refractivity contribution in [2.24, 2.45) is 0 Å². The normalized spacial score (nSPS) is 11.3. The van der Waals surface area contributed by atoms with Crippen LogP contribution in [0.4, 0.5) is 4.39 Å². The van der Waals surface area contributed by atoms with Gasteiger partial charge in [0.25, 0.3) is 0 Å². The summed E-state index contributed by atoms with van der Waals surface area (Å²) in [5, 5.41) is 1.85. The monoisotopic (exact) mass is 317 g/mol. The summed E-state index contributed by atoms with van der Waals surface area (Å²) in [6.45, 7) is 4.69. The maximum Gasteiger partial charge on any atom is 0.123 e. The van der Waals surface area contributed by atoms with E-state index >= 15 is 0 Å². The SMILES string of the molecule is CC(C)n1cc(COc2ccc(F)cc2)c2ccc(Cl)cc21. The fourth-order valence-electron chi connectivity index (χ4n) is 2.53. The lowest BCUT2D eigenvalue weighted by molar-refractivity contribution is 0.306. The van der Waals surface area contributed by atoms with Crippen LogP contribution in [0.25, 0.3) is 10.9 Å². The second kappa shape index (κ2) is 6.01. The molecule has 2 aromatic carbocycles. The lowest BCUT2D eigenvalue weighted by atomic mass is 10.2. The van der Waals surface area contributed by atoms with Crippen molar-refractivity contribution in [3.63, 3.8) is 0 Å². The topological polar surface area (TPSA) is 14.2 Å². The van der Waals surface area contributed by atoms with Gasteiger partial charge in [0, 0.05) is 28.2 Å². The predicted octanol–water partition coefficient (Wildman–Crippen LogP) is 5.59. The highest BCUT2D eigenvalue weighted by Gasteiger charge is 2.11. The van der Waals surface area contributed by atoms with E-state index in [9.17, 15) is 4.39 Å². The van der Waals surface area contributed by atoms with E-state index in [2.05, 4.69) is 24.6 Å². The average Bonchev–Trinajstić information content (AvgIpc) is 2.85. The first-order valence-corrected chi connectivity index (χ1v) is 7.60. The third-order valence-electron chi connectivity index (χ3n) is 3.64. The summed E-state index contributed by atoms with van der Waals surface area (Å²) < 4.78 is 20.9. The first-order valence-electron chi connectivity index (χ1n) is 7.22. The molecule has 0 fully saturated rings. The van der Waals surface area contributed by atoms with Gasteiger partial charge in [0.15, 0.2) is 0 Å². The Morgan fingerprint density at radius 2 is 1.86 bits per heavy atom. The van der Waals surface area contributed by atoms with E-state index < -0.39 is 0 Å². The Morgan fingerprint density at radius 3 is 2.55 bits per heavy atom. The van der Waals surface area contributed by atoms with E-state index in [0.29, 0.717) is 18.4 Å². The third kappa shape index (κ3) is 2.95. The van der Waals surface area contributed by atoms with E-state index in [0.717, 1.165) is 21.5 Å². The number of hydrogen-bond donors (Lipinski definition) is 0. The number of hydrogen-bond acceptors (Lipinski definition) is 1. The highest BCUT2D eigenvalue weighted by molar-refractivity contribution is 6.31. The molecule has 0 aliphatic rings. The number of aromatic nitrogens is 1. The largest absolute Gasteiger partial charge is 0.489 e. The molecule has 4 heteroatoms. The van der Waals surface area contributed by atoms with Crippen LogP contribution in [0.3, 0.4) is 0 Å². The molecule has 22 heavy (non-hydrogen) atoms. The average molecular weight is 318 g/mol. The number of fused-ring (bicyclic) bond motifs is 1. The fourth-order valence-corrected chi connectivity index (χ4v) is 2.70. The Balaban J connectivity index is 1.91. The van der Waals surface area contributed by atoms with Crippen LogP contribution >= 0.6 is 11.6 Å². The molecule has 0 bridgehead atoms. The van der Waals surface area contributed by atoms with E-state index in [-0.39, 0.29) is 5.82 Å². The summed E-state index contributed by atoms with van der Waals surface area (Å²) in [7, 11) is 0. The maximum absolute atomic E-state index is 12.9. The van der Waals surface area contributed by atoms with Crippen molar-refractivity contribution >= 4 is 22.5 Å². The Labute approximate surface area is 134 Å². The van der Waals surface area contributed by atoms with Crippen molar-refractivity contribution in [1.82, 2.24) is 4.57 Å². The van der Waals surface area contributed by atoms with Gasteiger partial charge in [-0.15, -0.1) is 0 Å². The predicted molar refractivity (Wildman–Crippen MR) is 88.1 cm³/mol. The van der Waals surface area contributed by atoms with E-state index in [4.69, 9.17) is 16.3 Å². The first kappa shape index (κ1) is 14.9. The van der Waals surface area contributed by atoms with Crippen molar-refractivity contribution in [1.29, 1.82) is 0 Å². The van der Waals surface area contributed by atoms with Crippen molar-refractivity contribution in [2.45, 2.75) is 26.5 Å². The van der Waals surface area contributed by atoms with Gasteiger partial charge < -0.3 is 9.30 Å². The Kier molecular flexibility index (Phi) is 4.08. The zero-order valence-corrected chi connectivity index (χ0v) is 13.3. The minimum atomic E-state index is -0.265. The molecule has 2 nitrogen and oxygen atoms in total. The molecule has 0 aliphatic carbocycles. The summed E-state index contributed by atoms with van der Waals surface area (Å²) in [5.74, 6) is 0.388. The van der Waals surface area contributed by atoms with Gasteiger partial charge in [-0.05, 0) is 50.2 Å². The number of nitrogens with zero attached hydrogens (tertiary/aromatic N) is 1. The summed E-state index contributed by atoms with van der Waals surface area (Å²) in [4.78, 5) is 0. The van der Waals surface area contributed by atoms with Gasteiger partial charge in [-0.25, -0.2) is 4.39 Å². The highest BCUT2D eigenvalue weighted by atomic mass is 35.5. The minimum Gasteiger partial charge on any atom is -0.489 e. The molecule has 0 aliphatic heterocycles. The van der Waals surface area contributed by atoms with Crippen molar-refractivity contribution in [2.75, 3.05) is 0 Å². The van der Waals surface area contributed by atoms with Crippen molar-refractivity contribution in [3.8, 4) is 5.75 Å². The van der Waals surface area contributed by atoms with Crippen LogP contribution in [0, 0.1) is 5.82 Å². The second-order valence-electron chi connectivity index (χ2n) is 5.56. The van der Waals surface area contributed by atoms with Gasteiger partial charge >= 0.3 is 0 Å². The van der Waals surface area contributed by atoms with Crippen LogP contribution in [0.15, 0.2) is 48.7 Å². The molecule has 0 unspecified atom stereocenters. The van der Waals surface area contributed by atoms with Crippen LogP contribution in [0.5, 0.6) is 5.75 Å². The number of rotatable bonds is 4. The first-order chi connectivity index (χ1) is 10.5. The van der Waals surface area contributed by atoms with E-state index in [1.54, 1.807) is 12.1 Å². The Bertz CT molecular complexity index is 793. The lowest BCUT2D eigenvalue weighted by Gasteiger charge is -2.08. The number of benzene rings is 2. The molecule has 3 aromatic rings. The minimum absolute atomic E-state index is 0.265. The molecule has 114 valence electrons. The third-order valence-corrected chi connectivity index (χ3v) is 3.88. The lowest BCUT2D eigenvalue weighted by Crippen LogP contribution is -1.98. The van der Waals surface area contributed by atoms with Crippen LogP contribution < -0.4 is 4.74 Å². The quantitative estimate of drug-likeness (QED) is 0.611. The molecule has 0 radical (unpaired) electrons. The molecule has 3 rings (SSSR count). The van der Waals surface area contributed by atoms with Gasteiger partial charge in [-0.2, -0.15) is 0 Å². The van der Waals surface area contributed by atoms with E-state index in [1.165, 1.54) is 12.1 Å². The molecule has 1 aromatic heterocycles. The smallest absolute Gasteiger partial charge is 0.123 e. The van der Waals surface area contributed by atoms with Crippen LogP contribution in [0.1, 0.15) is 25.5 Å². The zero-order chi connectivity index (χ0) is 15.7. The van der Waals surface area contributed by atoms with Gasteiger partial charge in [-0.1, -0.05) is 17.7 Å². The van der Waals surface area contributed by atoms with Gasteiger partial charge in [-0.3, -0.25) is 0 Å². The summed E-state index contributed by atoms with van der Waals surface area (Å²) in [6, 6.07) is 12.3. The highest BCUT2D eigenvalue weighted by Crippen LogP contribution is 2.28. The summed E-state index contributed by atoms with van der Waals surface area (Å²) in [6.07, 6.45) is 2.09. The molecule has 0 N–H and O–H groups in total. The summed E-state index contributed by atoms with van der Waals surface area (Å²) in [5.41, 5.74) is 2.19. The summed E-state index contributed by atoms with van der Waals surface area (Å²) >= 11 is 6.11. The number of halogens is 2. The van der Waals surface area contributed by atoms with Crippen molar-refractivity contribution < 1.29 is 9.13 Å². The van der Waals surface area contributed by atoms with Crippen LogP contribution in [-0.4, -0.2) is 4.57 Å². The van der Waals surface area contributed by atoms with Crippen molar-refractivity contribution in [3.05, 3.63) is 65.1 Å². The fraction of sp³-hybridized carbons (Fsp3) is 0.222. The van der Waals surface area contributed by atoms with Gasteiger partial charge in [0.1, 0.15) is 18.2 Å². The molecule has 1 heterocycles. The Hall–Kier alpha value is -2.00. The number of ether oxygens (including phenoxy) is 1.